The number of hydrogen-bond donors (Lipinski definition) is 2. The Labute approximate surface area is 169 Å². The van der Waals surface area contributed by atoms with Crippen molar-refractivity contribution in [2.75, 3.05) is 19.6 Å². The van der Waals surface area contributed by atoms with Gasteiger partial charge in [0.1, 0.15) is 5.54 Å². The van der Waals surface area contributed by atoms with E-state index in [1.165, 1.54) is 64.5 Å². The molecule has 27 heavy (non-hydrogen) atoms. The third-order valence-electron chi connectivity index (χ3n) is 6.80. The highest BCUT2D eigenvalue weighted by Crippen LogP contribution is 2.28. The fourth-order valence-electron chi connectivity index (χ4n) is 5.27. The number of hydrogen-bond acceptors (Lipinski definition) is 1. The lowest BCUT2D eigenvalue weighted by Crippen LogP contribution is -3.22. The Kier molecular flexibility index (Phi) is 7.22. The van der Waals surface area contributed by atoms with Gasteiger partial charge in [0.15, 0.2) is 0 Å². The fourth-order valence-corrected chi connectivity index (χ4v) is 5.39. The Hall–Kier alpha value is -1.06. The molecule has 1 heterocycles. The molecule has 0 aromatic heterocycles. The second kappa shape index (κ2) is 9.43. The first-order valence-corrected chi connectivity index (χ1v) is 11.3. The second-order valence-corrected chi connectivity index (χ2v) is 9.43. The maximum atomic E-state index is 13.2. The molecule has 2 N–H and O–H groups in total. The molecule has 1 saturated heterocycles. The molecule has 1 saturated carbocycles. The van der Waals surface area contributed by atoms with Crippen molar-refractivity contribution in [3.05, 3.63) is 34.9 Å². The SMILES string of the molecule is CC(C)[C@H](C(=O)NCC1([NH+]2CCCCC2)CCCCC1)c1ccc(Cl)cc1. The van der Waals surface area contributed by atoms with Crippen LogP contribution in [0.1, 0.15) is 76.7 Å². The van der Waals surface area contributed by atoms with E-state index in [0.717, 1.165) is 17.1 Å². The fraction of sp³-hybridized carbons (Fsp3) is 0.696. The molecular formula is C23H36ClN2O+. The van der Waals surface area contributed by atoms with Crippen molar-refractivity contribution in [3.8, 4) is 0 Å². The van der Waals surface area contributed by atoms with Crippen LogP contribution in [0.2, 0.25) is 5.02 Å². The minimum Gasteiger partial charge on any atom is -0.349 e. The summed E-state index contributed by atoms with van der Waals surface area (Å²) in [6.45, 7) is 7.65. The number of amides is 1. The number of likely N-dealkylation sites (tertiary alicyclic amines) is 1. The zero-order valence-electron chi connectivity index (χ0n) is 17.0. The Balaban J connectivity index is 1.71. The number of quaternary nitrogens is 1. The number of halogens is 1. The van der Waals surface area contributed by atoms with Crippen molar-refractivity contribution >= 4 is 17.5 Å². The normalized spacial score (nSPS) is 21.8. The zero-order chi connectivity index (χ0) is 19.3. The summed E-state index contributed by atoms with van der Waals surface area (Å²) in [5.74, 6) is 0.323. The van der Waals surface area contributed by atoms with Crippen LogP contribution in [0.4, 0.5) is 0 Å². The van der Waals surface area contributed by atoms with Gasteiger partial charge in [0.2, 0.25) is 5.91 Å². The number of rotatable bonds is 6. The molecule has 150 valence electrons. The van der Waals surface area contributed by atoms with Gasteiger partial charge in [0.25, 0.3) is 0 Å². The highest BCUT2D eigenvalue weighted by Gasteiger charge is 2.42. The summed E-state index contributed by atoms with van der Waals surface area (Å²) in [6.07, 6.45) is 10.5. The van der Waals surface area contributed by atoms with Gasteiger partial charge in [-0.25, -0.2) is 0 Å². The number of carbonyl (C=O) groups excluding carboxylic acids is 1. The van der Waals surface area contributed by atoms with Crippen LogP contribution < -0.4 is 10.2 Å². The minimum absolute atomic E-state index is 0.112. The standard InChI is InChI=1S/C23H35ClN2O/c1-18(2)21(19-9-11-20(24)12-10-19)22(27)25-17-23(13-5-3-6-14-23)26-15-7-4-8-16-26/h9-12,18,21H,3-8,13-17H2,1-2H3,(H,25,27)/p+1/t21-/m0/s1. The largest absolute Gasteiger partial charge is 0.349 e. The molecule has 4 heteroatoms. The van der Waals surface area contributed by atoms with E-state index < -0.39 is 0 Å². The molecule has 0 radical (unpaired) electrons. The number of piperidine rings is 1. The lowest BCUT2D eigenvalue weighted by molar-refractivity contribution is -0.957. The van der Waals surface area contributed by atoms with Crippen molar-refractivity contribution < 1.29 is 9.69 Å². The predicted molar refractivity (Wildman–Crippen MR) is 112 cm³/mol. The third-order valence-corrected chi connectivity index (χ3v) is 7.05. The molecule has 1 aromatic carbocycles. The molecule has 1 atom stereocenters. The van der Waals surface area contributed by atoms with Crippen LogP contribution in [0.3, 0.4) is 0 Å². The summed E-state index contributed by atoms with van der Waals surface area (Å²) in [5, 5.41) is 4.11. The van der Waals surface area contributed by atoms with E-state index in [1.807, 2.05) is 24.3 Å². The predicted octanol–water partition coefficient (Wildman–Crippen LogP) is 3.97. The zero-order valence-corrected chi connectivity index (χ0v) is 17.8. The molecule has 2 fully saturated rings. The summed E-state index contributed by atoms with van der Waals surface area (Å²) >= 11 is 6.04. The van der Waals surface area contributed by atoms with E-state index in [9.17, 15) is 4.79 Å². The molecule has 2 aliphatic rings. The van der Waals surface area contributed by atoms with E-state index in [1.54, 1.807) is 4.90 Å². The van der Waals surface area contributed by atoms with E-state index in [2.05, 4.69) is 19.2 Å². The Bertz CT molecular complexity index is 601. The summed E-state index contributed by atoms with van der Waals surface area (Å²) in [4.78, 5) is 14.9. The van der Waals surface area contributed by atoms with Crippen LogP contribution in [0, 0.1) is 5.92 Å². The molecule has 1 amide bonds. The molecule has 0 unspecified atom stereocenters. The molecule has 3 rings (SSSR count). The van der Waals surface area contributed by atoms with Crippen molar-refractivity contribution in [3.63, 3.8) is 0 Å². The van der Waals surface area contributed by atoms with Gasteiger partial charge in [-0.05, 0) is 55.7 Å². The average molecular weight is 392 g/mol. The van der Waals surface area contributed by atoms with Crippen molar-refractivity contribution in [2.45, 2.75) is 76.7 Å². The van der Waals surface area contributed by atoms with E-state index in [4.69, 9.17) is 11.6 Å². The van der Waals surface area contributed by atoms with Crippen molar-refractivity contribution in [1.29, 1.82) is 0 Å². The summed E-state index contributed by atoms with van der Waals surface area (Å²) in [6, 6.07) is 7.78. The molecule has 1 aliphatic carbocycles. The van der Waals surface area contributed by atoms with Crippen molar-refractivity contribution in [1.82, 2.24) is 5.32 Å². The van der Waals surface area contributed by atoms with E-state index in [-0.39, 0.29) is 23.3 Å². The van der Waals surface area contributed by atoms with Gasteiger partial charge in [-0.2, -0.15) is 0 Å². The topological polar surface area (TPSA) is 33.5 Å². The van der Waals surface area contributed by atoms with Crippen LogP contribution in [0.25, 0.3) is 0 Å². The maximum Gasteiger partial charge on any atom is 0.228 e. The number of carbonyl (C=O) groups is 1. The Morgan fingerprint density at radius 1 is 1.04 bits per heavy atom. The van der Waals surface area contributed by atoms with Crippen LogP contribution in [-0.4, -0.2) is 31.1 Å². The molecule has 0 spiro atoms. The lowest BCUT2D eigenvalue weighted by Gasteiger charge is -2.45. The average Bonchev–Trinajstić information content (AvgIpc) is 2.69. The second-order valence-electron chi connectivity index (χ2n) is 9.00. The molecule has 0 bridgehead atoms. The summed E-state index contributed by atoms with van der Waals surface area (Å²) in [7, 11) is 0. The molecular weight excluding hydrogens is 356 g/mol. The van der Waals surface area contributed by atoms with Gasteiger partial charge in [0, 0.05) is 17.9 Å². The molecule has 1 aromatic rings. The van der Waals surface area contributed by atoms with E-state index in [0.29, 0.717) is 0 Å². The van der Waals surface area contributed by atoms with Crippen LogP contribution in [-0.2, 0) is 4.79 Å². The highest BCUT2D eigenvalue weighted by atomic mass is 35.5. The first-order valence-electron chi connectivity index (χ1n) is 10.9. The van der Waals surface area contributed by atoms with Gasteiger partial charge in [-0.3, -0.25) is 4.79 Å². The monoisotopic (exact) mass is 391 g/mol. The van der Waals surface area contributed by atoms with E-state index >= 15 is 0 Å². The Morgan fingerprint density at radius 3 is 2.22 bits per heavy atom. The molecule has 1 aliphatic heterocycles. The van der Waals surface area contributed by atoms with Gasteiger partial charge in [0.05, 0.1) is 25.6 Å². The smallest absolute Gasteiger partial charge is 0.228 e. The number of nitrogens with one attached hydrogen (secondary N) is 2. The van der Waals surface area contributed by atoms with Gasteiger partial charge in [-0.1, -0.05) is 44.0 Å². The van der Waals surface area contributed by atoms with Gasteiger partial charge >= 0.3 is 0 Å². The quantitative estimate of drug-likeness (QED) is 0.755. The maximum absolute atomic E-state index is 13.2. The van der Waals surface area contributed by atoms with Crippen molar-refractivity contribution in [2.24, 2.45) is 5.92 Å². The van der Waals surface area contributed by atoms with Crippen LogP contribution >= 0.6 is 11.6 Å². The summed E-state index contributed by atoms with van der Waals surface area (Å²) in [5.41, 5.74) is 1.32. The molecule has 3 nitrogen and oxygen atoms in total. The number of benzene rings is 1. The first kappa shape index (κ1) is 20.7. The lowest BCUT2D eigenvalue weighted by atomic mass is 9.78. The van der Waals surface area contributed by atoms with Crippen LogP contribution in [0.15, 0.2) is 24.3 Å². The Morgan fingerprint density at radius 2 is 1.63 bits per heavy atom. The van der Waals surface area contributed by atoms with Crippen LogP contribution in [0.5, 0.6) is 0 Å². The summed E-state index contributed by atoms with van der Waals surface area (Å²) < 4.78 is 0. The minimum atomic E-state index is -0.112. The highest BCUT2D eigenvalue weighted by molar-refractivity contribution is 6.30. The van der Waals surface area contributed by atoms with Gasteiger partial charge < -0.3 is 10.2 Å². The third kappa shape index (κ3) is 5.06. The first-order chi connectivity index (χ1) is 13.0. The van der Waals surface area contributed by atoms with Gasteiger partial charge in [-0.15, -0.1) is 0 Å².